The number of nitrogens with two attached hydrogens (primary N) is 1. The monoisotopic (exact) mass is 329 g/mol. The van der Waals surface area contributed by atoms with Crippen LogP contribution in [0.3, 0.4) is 0 Å². The number of carbonyl (C=O) groups is 1. The molecule has 0 spiro atoms. The first-order valence-electron chi connectivity index (χ1n) is 8.22. The van der Waals surface area contributed by atoms with Crippen LogP contribution in [0.1, 0.15) is 24.1 Å². The summed E-state index contributed by atoms with van der Waals surface area (Å²) in [6.45, 7) is 5.20. The predicted octanol–water partition coefficient (Wildman–Crippen LogP) is 2.65. The van der Waals surface area contributed by atoms with Gasteiger partial charge in [0, 0.05) is 24.5 Å². The zero-order valence-electron chi connectivity index (χ0n) is 14.0. The van der Waals surface area contributed by atoms with Crippen molar-refractivity contribution in [3.05, 3.63) is 35.7 Å². The normalized spacial score (nSPS) is 16.8. The van der Waals surface area contributed by atoms with Crippen LogP contribution >= 0.6 is 0 Å². The van der Waals surface area contributed by atoms with Gasteiger partial charge in [0.2, 0.25) is 11.8 Å². The van der Waals surface area contributed by atoms with E-state index in [4.69, 9.17) is 14.9 Å². The van der Waals surface area contributed by atoms with Gasteiger partial charge in [-0.15, -0.1) is 0 Å². The van der Waals surface area contributed by atoms with Crippen molar-refractivity contribution in [3.8, 4) is 11.5 Å². The van der Waals surface area contributed by atoms with Crippen molar-refractivity contribution < 1.29 is 13.9 Å². The number of rotatable bonds is 4. The Morgan fingerprint density at radius 2 is 2.08 bits per heavy atom. The minimum Gasteiger partial charge on any atom is -0.444 e. The molecule has 6 heteroatoms. The van der Waals surface area contributed by atoms with Crippen LogP contribution in [0, 0.1) is 19.8 Å². The molecule has 1 amide bonds. The number of anilines is 1. The van der Waals surface area contributed by atoms with Gasteiger partial charge in [0.25, 0.3) is 0 Å². The quantitative estimate of drug-likeness (QED) is 0.900. The molecule has 6 nitrogen and oxygen atoms in total. The number of ether oxygens (including phenoxy) is 1. The number of benzene rings is 1. The van der Waals surface area contributed by atoms with Crippen molar-refractivity contribution in [2.24, 2.45) is 11.7 Å². The molecular formula is C18H23N3O3. The highest BCUT2D eigenvalue weighted by molar-refractivity contribution is 5.95. The van der Waals surface area contributed by atoms with Crippen molar-refractivity contribution in [1.29, 1.82) is 0 Å². The third-order valence-electron chi connectivity index (χ3n) is 4.43. The van der Waals surface area contributed by atoms with E-state index >= 15 is 0 Å². The summed E-state index contributed by atoms with van der Waals surface area (Å²) in [5.41, 5.74) is 9.53. The minimum absolute atomic E-state index is 0.165. The van der Waals surface area contributed by atoms with Gasteiger partial charge in [-0.05, 0) is 50.3 Å². The SMILES string of the molecule is Cc1coc(-c2cc(NC(=O)C(N)C3CCOCC3)ccc2C)n1. The van der Waals surface area contributed by atoms with Crippen molar-refractivity contribution >= 4 is 11.6 Å². The minimum atomic E-state index is -0.525. The highest BCUT2D eigenvalue weighted by Gasteiger charge is 2.26. The van der Waals surface area contributed by atoms with Gasteiger partial charge in [0.15, 0.2) is 0 Å². The first kappa shape index (κ1) is 16.7. The van der Waals surface area contributed by atoms with Crippen LogP contribution in [0.2, 0.25) is 0 Å². The third kappa shape index (κ3) is 3.66. The lowest BCUT2D eigenvalue weighted by molar-refractivity contribution is -0.119. The molecule has 0 saturated carbocycles. The highest BCUT2D eigenvalue weighted by atomic mass is 16.5. The topological polar surface area (TPSA) is 90.4 Å². The van der Waals surface area contributed by atoms with Crippen LogP contribution in [-0.2, 0) is 9.53 Å². The molecule has 2 heterocycles. The summed E-state index contributed by atoms with van der Waals surface area (Å²) >= 11 is 0. The van der Waals surface area contributed by atoms with E-state index in [1.807, 2.05) is 32.0 Å². The number of aryl methyl sites for hydroxylation is 2. The Hall–Kier alpha value is -2.18. The molecule has 128 valence electrons. The van der Waals surface area contributed by atoms with E-state index in [1.165, 1.54) is 0 Å². The Bertz CT molecular complexity index is 720. The molecule has 0 radical (unpaired) electrons. The number of nitrogens with zero attached hydrogens (tertiary/aromatic N) is 1. The highest BCUT2D eigenvalue weighted by Crippen LogP contribution is 2.26. The molecule has 2 aromatic rings. The molecule has 0 bridgehead atoms. The van der Waals surface area contributed by atoms with Crippen molar-refractivity contribution in [2.75, 3.05) is 18.5 Å². The molecule has 1 aromatic carbocycles. The first-order chi connectivity index (χ1) is 11.5. The van der Waals surface area contributed by atoms with Crippen LogP contribution < -0.4 is 11.1 Å². The summed E-state index contributed by atoms with van der Waals surface area (Å²) in [5.74, 6) is 0.549. The molecule has 3 rings (SSSR count). The number of aromatic nitrogens is 1. The Labute approximate surface area is 141 Å². The van der Waals surface area contributed by atoms with Gasteiger partial charge in [-0.25, -0.2) is 4.98 Å². The van der Waals surface area contributed by atoms with Crippen LogP contribution in [0.4, 0.5) is 5.69 Å². The Balaban J connectivity index is 1.74. The van der Waals surface area contributed by atoms with Crippen LogP contribution in [0.15, 0.2) is 28.9 Å². The summed E-state index contributed by atoms with van der Waals surface area (Å²) in [4.78, 5) is 16.8. The van der Waals surface area contributed by atoms with Crippen LogP contribution in [-0.4, -0.2) is 30.1 Å². The van der Waals surface area contributed by atoms with Gasteiger partial charge in [0.05, 0.1) is 11.7 Å². The largest absolute Gasteiger partial charge is 0.444 e. The molecular weight excluding hydrogens is 306 g/mol. The van der Waals surface area contributed by atoms with Gasteiger partial charge in [-0.1, -0.05) is 6.07 Å². The maximum atomic E-state index is 12.4. The maximum Gasteiger partial charge on any atom is 0.241 e. The van der Waals surface area contributed by atoms with E-state index in [1.54, 1.807) is 6.26 Å². The number of hydrogen-bond donors (Lipinski definition) is 2. The molecule has 1 aliphatic rings. The molecule has 1 aromatic heterocycles. The Morgan fingerprint density at radius 3 is 2.75 bits per heavy atom. The zero-order valence-corrected chi connectivity index (χ0v) is 14.0. The predicted molar refractivity (Wildman–Crippen MR) is 91.6 cm³/mol. The van der Waals surface area contributed by atoms with E-state index in [2.05, 4.69) is 10.3 Å². The van der Waals surface area contributed by atoms with E-state index in [0.717, 1.165) is 29.7 Å². The number of hydrogen-bond acceptors (Lipinski definition) is 5. The Morgan fingerprint density at radius 1 is 1.33 bits per heavy atom. The smallest absolute Gasteiger partial charge is 0.241 e. The fraction of sp³-hybridized carbons (Fsp3) is 0.444. The zero-order chi connectivity index (χ0) is 17.1. The molecule has 1 atom stereocenters. The number of amides is 1. The van der Waals surface area contributed by atoms with E-state index in [9.17, 15) is 4.79 Å². The number of oxazole rings is 1. The van der Waals surface area contributed by atoms with Crippen LogP contribution in [0.25, 0.3) is 11.5 Å². The van der Waals surface area contributed by atoms with Gasteiger partial charge < -0.3 is 20.2 Å². The van der Waals surface area contributed by atoms with Gasteiger partial charge in [-0.3, -0.25) is 4.79 Å². The van der Waals surface area contributed by atoms with Crippen LogP contribution in [0.5, 0.6) is 0 Å². The molecule has 1 fully saturated rings. The molecule has 3 N–H and O–H groups in total. The summed E-state index contributed by atoms with van der Waals surface area (Å²) in [7, 11) is 0. The fourth-order valence-electron chi connectivity index (χ4n) is 2.92. The van der Waals surface area contributed by atoms with Gasteiger partial charge in [-0.2, -0.15) is 0 Å². The van der Waals surface area contributed by atoms with Crippen molar-refractivity contribution in [2.45, 2.75) is 32.7 Å². The summed E-state index contributed by atoms with van der Waals surface area (Å²) in [5, 5.41) is 2.91. The second-order valence-electron chi connectivity index (χ2n) is 6.29. The van der Waals surface area contributed by atoms with E-state index in [-0.39, 0.29) is 11.8 Å². The Kier molecular flexibility index (Phi) is 4.97. The molecule has 0 aliphatic carbocycles. The number of nitrogens with one attached hydrogen (secondary N) is 1. The van der Waals surface area contributed by atoms with E-state index in [0.29, 0.717) is 24.8 Å². The molecule has 1 unspecified atom stereocenters. The lowest BCUT2D eigenvalue weighted by Crippen LogP contribution is -2.44. The van der Waals surface area contributed by atoms with Crippen molar-refractivity contribution in [1.82, 2.24) is 4.98 Å². The second kappa shape index (κ2) is 7.15. The average Bonchev–Trinajstić information content (AvgIpc) is 3.03. The molecule has 24 heavy (non-hydrogen) atoms. The fourth-order valence-corrected chi connectivity index (χ4v) is 2.92. The summed E-state index contributed by atoms with van der Waals surface area (Å²) < 4.78 is 10.8. The first-order valence-corrected chi connectivity index (χ1v) is 8.22. The second-order valence-corrected chi connectivity index (χ2v) is 6.29. The maximum absolute atomic E-state index is 12.4. The van der Waals surface area contributed by atoms with Crippen molar-refractivity contribution in [3.63, 3.8) is 0 Å². The third-order valence-corrected chi connectivity index (χ3v) is 4.43. The lowest BCUT2D eigenvalue weighted by Gasteiger charge is -2.26. The van der Waals surface area contributed by atoms with Gasteiger partial charge in [0.1, 0.15) is 6.26 Å². The number of carbonyl (C=O) groups excluding carboxylic acids is 1. The van der Waals surface area contributed by atoms with Gasteiger partial charge >= 0.3 is 0 Å². The molecule has 1 saturated heterocycles. The lowest BCUT2D eigenvalue weighted by atomic mass is 9.92. The summed E-state index contributed by atoms with van der Waals surface area (Å²) in [6, 6.07) is 5.14. The molecule has 1 aliphatic heterocycles. The average molecular weight is 329 g/mol. The summed E-state index contributed by atoms with van der Waals surface area (Å²) in [6.07, 6.45) is 3.26. The van der Waals surface area contributed by atoms with E-state index < -0.39 is 6.04 Å². The standard InChI is InChI=1S/C18H23N3O3/c1-11-3-4-14(9-15(11)18-20-12(2)10-24-18)21-17(22)16(19)13-5-7-23-8-6-13/h3-4,9-10,13,16H,5-8,19H2,1-2H3,(H,21,22).